The summed E-state index contributed by atoms with van der Waals surface area (Å²) >= 11 is 0. The Morgan fingerprint density at radius 3 is 2.76 bits per heavy atom. The predicted molar refractivity (Wildman–Crippen MR) is 76.9 cm³/mol. The van der Waals surface area contributed by atoms with Crippen LogP contribution >= 0.6 is 0 Å². The lowest BCUT2D eigenvalue weighted by molar-refractivity contribution is -0.402. The van der Waals surface area contributed by atoms with Crippen LogP contribution in [0.1, 0.15) is 43.2 Å². The number of amides is 1. The number of carbonyl (C=O) groups excluding carboxylic acids is 1. The highest BCUT2D eigenvalue weighted by molar-refractivity contribution is 5.92. The minimum Gasteiger partial charge on any atom is -0.395 e. The van der Waals surface area contributed by atoms with Crippen molar-refractivity contribution in [2.75, 3.05) is 13.1 Å². The van der Waals surface area contributed by atoms with Crippen LogP contribution in [-0.2, 0) is 0 Å². The van der Waals surface area contributed by atoms with Crippen molar-refractivity contribution in [3.8, 4) is 0 Å². The van der Waals surface area contributed by atoms with Gasteiger partial charge in [-0.25, -0.2) is 0 Å². The summed E-state index contributed by atoms with van der Waals surface area (Å²) in [5.41, 5.74) is 5.82. The summed E-state index contributed by atoms with van der Waals surface area (Å²) in [5, 5.41) is 10.6. The lowest BCUT2D eigenvalue weighted by Gasteiger charge is -2.38. The first-order valence-corrected chi connectivity index (χ1v) is 7.33. The van der Waals surface area contributed by atoms with Crippen LogP contribution < -0.4 is 5.73 Å². The molecule has 2 N–H and O–H groups in total. The number of hydrogen-bond donors (Lipinski definition) is 1. The van der Waals surface area contributed by atoms with Crippen LogP contribution in [0.4, 0.5) is 5.88 Å². The van der Waals surface area contributed by atoms with Crippen molar-refractivity contribution in [2.45, 2.75) is 38.6 Å². The molecular formula is C14H21N3O4. The van der Waals surface area contributed by atoms with Gasteiger partial charge in [-0.15, -0.1) is 0 Å². The molecule has 1 aliphatic carbocycles. The summed E-state index contributed by atoms with van der Waals surface area (Å²) in [5.74, 6) is -0.401. The zero-order valence-corrected chi connectivity index (χ0v) is 12.2. The maximum absolute atomic E-state index is 12.5. The number of furan rings is 1. The van der Waals surface area contributed by atoms with Crippen molar-refractivity contribution >= 4 is 11.8 Å². The number of nitro groups is 1. The number of rotatable bonds is 5. The van der Waals surface area contributed by atoms with Crippen LogP contribution in [-0.4, -0.2) is 34.9 Å². The largest absolute Gasteiger partial charge is 0.433 e. The Kier molecular flexibility index (Phi) is 4.95. The number of carbonyl (C=O) groups is 1. The van der Waals surface area contributed by atoms with Crippen molar-refractivity contribution in [1.82, 2.24) is 4.90 Å². The molecular weight excluding hydrogens is 274 g/mol. The molecule has 0 bridgehead atoms. The van der Waals surface area contributed by atoms with Gasteiger partial charge in [-0.3, -0.25) is 14.9 Å². The average molecular weight is 295 g/mol. The van der Waals surface area contributed by atoms with Gasteiger partial charge in [0.1, 0.15) is 4.92 Å². The van der Waals surface area contributed by atoms with E-state index in [-0.39, 0.29) is 23.6 Å². The van der Waals surface area contributed by atoms with E-state index in [1.54, 1.807) is 4.90 Å². The van der Waals surface area contributed by atoms with Crippen molar-refractivity contribution in [1.29, 1.82) is 0 Å². The SMILES string of the molecule is CCN(C(=O)c1ccc([N+](=O)[O-])o1)C1CCCCC1CN. The number of hydrogen-bond acceptors (Lipinski definition) is 5. The smallest absolute Gasteiger partial charge is 0.395 e. The minimum absolute atomic E-state index is 0.0184. The summed E-state index contributed by atoms with van der Waals surface area (Å²) in [6.45, 7) is 2.98. The fourth-order valence-electron chi connectivity index (χ4n) is 3.08. The molecule has 0 saturated heterocycles. The maximum Gasteiger partial charge on any atom is 0.433 e. The van der Waals surface area contributed by atoms with E-state index in [0.29, 0.717) is 13.1 Å². The van der Waals surface area contributed by atoms with Gasteiger partial charge in [-0.1, -0.05) is 12.8 Å². The molecule has 0 radical (unpaired) electrons. The third-order valence-corrected chi connectivity index (χ3v) is 4.16. The average Bonchev–Trinajstić information content (AvgIpc) is 2.98. The highest BCUT2D eigenvalue weighted by Crippen LogP contribution is 2.29. The Balaban J connectivity index is 2.18. The van der Waals surface area contributed by atoms with Crippen LogP contribution in [0.3, 0.4) is 0 Å². The normalized spacial score (nSPS) is 22.0. The van der Waals surface area contributed by atoms with E-state index in [1.807, 2.05) is 6.92 Å². The molecule has 1 aromatic heterocycles. The van der Waals surface area contributed by atoms with E-state index in [2.05, 4.69) is 0 Å². The Hall–Kier alpha value is -1.89. The molecule has 1 aromatic rings. The first-order valence-electron chi connectivity index (χ1n) is 7.33. The van der Waals surface area contributed by atoms with Crippen LogP contribution in [0.25, 0.3) is 0 Å². The topological polar surface area (TPSA) is 103 Å². The molecule has 2 unspecified atom stereocenters. The molecule has 7 heteroatoms. The monoisotopic (exact) mass is 295 g/mol. The van der Waals surface area contributed by atoms with Gasteiger partial charge < -0.3 is 15.1 Å². The van der Waals surface area contributed by atoms with E-state index in [1.165, 1.54) is 12.1 Å². The lowest BCUT2D eigenvalue weighted by atomic mass is 9.83. The predicted octanol–water partition coefficient (Wildman–Crippen LogP) is 2.17. The summed E-state index contributed by atoms with van der Waals surface area (Å²) < 4.78 is 5.03. The lowest BCUT2D eigenvalue weighted by Crippen LogP contribution is -2.47. The van der Waals surface area contributed by atoms with Crippen molar-refractivity contribution in [3.05, 3.63) is 28.0 Å². The van der Waals surface area contributed by atoms with Crippen LogP contribution in [0.5, 0.6) is 0 Å². The molecule has 7 nitrogen and oxygen atoms in total. The van der Waals surface area contributed by atoms with Gasteiger partial charge >= 0.3 is 5.88 Å². The molecule has 1 fully saturated rings. The molecule has 1 amide bonds. The summed E-state index contributed by atoms with van der Waals surface area (Å²) in [7, 11) is 0. The second kappa shape index (κ2) is 6.71. The zero-order valence-electron chi connectivity index (χ0n) is 12.2. The number of nitrogens with zero attached hydrogens (tertiary/aromatic N) is 2. The van der Waals surface area contributed by atoms with Crippen LogP contribution in [0.2, 0.25) is 0 Å². The van der Waals surface area contributed by atoms with Gasteiger partial charge in [0, 0.05) is 12.6 Å². The number of nitrogens with two attached hydrogens (primary N) is 1. The summed E-state index contributed by atoms with van der Waals surface area (Å²) in [6.07, 6.45) is 4.15. The molecule has 0 aliphatic heterocycles. The van der Waals surface area contributed by atoms with Gasteiger partial charge in [0.25, 0.3) is 5.91 Å². The van der Waals surface area contributed by atoms with E-state index in [9.17, 15) is 14.9 Å². The van der Waals surface area contributed by atoms with Gasteiger partial charge in [-0.05, 0) is 38.3 Å². The minimum atomic E-state index is -0.642. The molecule has 2 atom stereocenters. The molecule has 116 valence electrons. The van der Waals surface area contributed by atoms with Gasteiger partial charge in [0.15, 0.2) is 5.76 Å². The van der Waals surface area contributed by atoms with Gasteiger partial charge in [0.2, 0.25) is 0 Å². The van der Waals surface area contributed by atoms with E-state index in [0.717, 1.165) is 25.7 Å². The van der Waals surface area contributed by atoms with Crippen LogP contribution in [0.15, 0.2) is 16.5 Å². The molecule has 1 heterocycles. The van der Waals surface area contributed by atoms with E-state index < -0.39 is 10.8 Å². The zero-order chi connectivity index (χ0) is 15.4. The molecule has 0 spiro atoms. The molecule has 0 aromatic carbocycles. The first kappa shape index (κ1) is 15.5. The summed E-state index contributed by atoms with van der Waals surface area (Å²) in [4.78, 5) is 24.3. The third-order valence-electron chi connectivity index (χ3n) is 4.16. The van der Waals surface area contributed by atoms with Crippen molar-refractivity contribution < 1.29 is 14.1 Å². The van der Waals surface area contributed by atoms with Crippen molar-refractivity contribution in [2.24, 2.45) is 11.7 Å². The van der Waals surface area contributed by atoms with Crippen LogP contribution in [0, 0.1) is 16.0 Å². The second-order valence-electron chi connectivity index (χ2n) is 5.33. The highest BCUT2D eigenvalue weighted by atomic mass is 16.6. The standard InChI is InChI=1S/C14H21N3O4/c1-2-16(11-6-4-3-5-10(11)9-15)14(18)12-7-8-13(21-12)17(19)20/h7-8,10-11H,2-6,9,15H2,1H3. The maximum atomic E-state index is 12.5. The van der Waals surface area contributed by atoms with E-state index >= 15 is 0 Å². The first-order chi connectivity index (χ1) is 10.1. The van der Waals surface area contributed by atoms with Crippen molar-refractivity contribution in [3.63, 3.8) is 0 Å². The second-order valence-corrected chi connectivity index (χ2v) is 5.33. The highest BCUT2D eigenvalue weighted by Gasteiger charge is 2.33. The third kappa shape index (κ3) is 3.24. The Morgan fingerprint density at radius 1 is 1.48 bits per heavy atom. The fourth-order valence-corrected chi connectivity index (χ4v) is 3.08. The van der Waals surface area contributed by atoms with E-state index in [4.69, 9.17) is 10.2 Å². The Morgan fingerprint density at radius 2 is 2.19 bits per heavy atom. The Bertz CT molecular complexity index is 514. The molecule has 2 rings (SSSR count). The molecule has 1 saturated carbocycles. The van der Waals surface area contributed by atoms with Gasteiger partial charge in [0.05, 0.1) is 6.07 Å². The molecule has 1 aliphatic rings. The van der Waals surface area contributed by atoms with Gasteiger partial charge in [-0.2, -0.15) is 0 Å². The quantitative estimate of drug-likeness (QED) is 0.662. The fraction of sp³-hybridized carbons (Fsp3) is 0.643. The Labute approximate surface area is 123 Å². The summed E-state index contributed by atoms with van der Waals surface area (Å²) in [6, 6.07) is 2.66. The molecule has 21 heavy (non-hydrogen) atoms.